The Hall–Kier alpha value is -1.76. The number of nitrogens with one attached hydrogen (secondary N) is 2. The second kappa shape index (κ2) is 5.26. The lowest BCUT2D eigenvalue weighted by atomic mass is 10.1. The number of carbonyl (C=O) groups excluding carboxylic acids is 2. The van der Waals surface area contributed by atoms with Gasteiger partial charge in [-0.1, -0.05) is 0 Å². The summed E-state index contributed by atoms with van der Waals surface area (Å²) in [5, 5.41) is 9.37. The Kier molecular flexibility index (Phi) is 3.71. The molecule has 1 aliphatic heterocycles. The summed E-state index contributed by atoms with van der Waals surface area (Å²) in [6.07, 6.45) is 0.679. The van der Waals surface area contributed by atoms with Crippen molar-refractivity contribution in [1.82, 2.24) is 15.7 Å². The molecular weight excluding hydrogens is 252 g/mol. The van der Waals surface area contributed by atoms with Gasteiger partial charge in [-0.2, -0.15) is 5.10 Å². The number of thiazole rings is 1. The molecule has 1 aliphatic rings. The van der Waals surface area contributed by atoms with Crippen LogP contribution >= 0.6 is 11.3 Å². The van der Waals surface area contributed by atoms with Crippen molar-refractivity contribution in [2.24, 2.45) is 5.10 Å². The monoisotopic (exact) mass is 266 g/mol. The van der Waals surface area contributed by atoms with E-state index in [1.807, 2.05) is 19.2 Å². The fraction of sp³-hybridized carbons (Fsp3) is 0.455. The standard InChI is InChI=1S/C11H14N4O2S/c1-6-5-18-11(12-6)7(2)13-10(17)8-3-4-9(16)15-14-8/h5,7H,3-4H2,1-2H3,(H,13,17)(H,15,16). The van der Waals surface area contributed by atoms with E-state index >= 15 is 0 Å². The Balaban J connectivity index is 1.97. The first kappa shape index (κ1) is 12.7. The SMILES string of the molecule is Cc1csc(C(C)NC(=O)C2=NNC(=O)CC2)n1. The summed E-state index contributed by atoms with van der Waals surface area (Å²) >= 11 is 1.51. The van der Waals surface area contributed by atoms with E-state index in [0.29, 0.717) is 18.6 Å². The second-order valence-electron chi connectivity index (χ2n) is 4.12. The summed E-state index contributed by atoms with van der Waals surface area (Å²) in [6, 6.07) is -0.156. The van der Waals surface area contributed by atoms with Gasteiger partial charge in [-0.15, -0.1) is 11.3 Å². The van der Waals surface area contributed by atoms with Crippen LogP contribution in [0.2, 0.25) is 0 Å². The average molecular weight is 266 g/mol. The molecule has 18 heavy (non-hydrogen) atoms. The lowest BCUT2D eigenvalue weighted by Gasteiger charge is -2.15. The predicted molar refractivity (Wildman–Crippen MR) is 68.2 cm³/mol. The summed E-state index contributed by atoms with van der Waals surface area (Å²) < 4.78 is 0. The summed E-state index contributed by atoms with van der Waals surface area (Å²) in [4.78, 5) is 27.1. The van der Waals surface area contributed by atoms with Gasteiger partial charge in [0.1, 0.15) is 10.7 Å². The summed E-state index contributed by atoms with van der Waals surface area (Å²) in [7, 11) is 0. The second-order valence-corrected chi connectivity index (χ2v) is 5.01. The minimum absolute atomic E-state index is 0.156. The van der Waals surface area contributed by atoms with E-state index < -0.39 is 0 Å². The number of rotatable bonds is 3. The molecule has 1 unspecified atom stereocenters. The normalized spacial score (nSPS) is 16.8. The van der Waals surface area contributed by atoms with Gasteiger partial charge < -0.3 is 5.32 Å². The zero-order valence-corrected chi connectivity index (χ0v) is 11.0. The molecule has 0 saturated heterocycles. The van der Waals surface area contributed by atoms with Gasteiger partial charge in [0.15, 0.2) is 0 Å². The van der Waals surface area contributed by atoms with Gasteiger partial charge in [0.2, 0.25) is 5.91 Å². The zero-order chi connectivity index (χ0) is 13.1. The number of hydrogen-bond acceptors (Lipinski definition) is 5. The van der Waals surface area contributed by atoms with Crippen LogP contribution in [0.25, 0.3) is 0 Å². The molecule has 1 aromatic heterocycles. The molecule has 1 atom stereocenters. The van der Waals surface area contributed by atoms with Crippen molar-refractivity contribution in [3.8, 4) is 0 Å². The highest BCUT2D eigenvalue weighted by atomic mass is 32.1. The molecule has 0 bridgehead atoms. The van der Waals surface area contributed by atoms with Crippen molar-refractivity contribution in [3.05, 3.63) is 16.1 Å². The third-order valence-corrected chi connectivity index (χ3v) is 3.67. The van der Waals surface area contributed by atoms with E-state index in [9.17, 15) is 9.59 Å². The van der Waals surface area contributed by atoms with Gasteiger partial charge in [0.05, 0.1) is 6.04 Å². The predicted octanol–water partition coefficient (Wildman–Crippen LogP) is 0.895. The van der Waals surface area contributed by atoms with Gasteiger partial charge in [-0.25, -0.2) is 10.4 Å². The maximum Gasteiger partial charge on any atom is 0.268 e. The molecular formula is C11H14N4O2S. The van der Waals surface area contributed by atoms with Crippen LogP contribution in [0.3, 0.4) is 0 Å². The quantitative estimate of drug-likeness (QED) is 0.852. The van der Waals surface area contributed by atoms with Crippen LogP contribution in [0.1, 0.15) is 36.5 Å². The molecule has 0 spiro atoms. The van der Waals surface area contributed by atoms with Crippen LogP contribution in [0.4, 0.5) is 0 Å². The molecule has 2 heterocycles. The van der Waals surface area contributed by atoms with Crippen LogP contribution in [-0.4, -0.2) is 22.5 Å². The third kappa shape index (κ3) is 2.92. The molecule has 96 valence electrons. The van der Waals surface area contributed by atoms with Crippen molar-refractivity contribution in [1.29, 1.82) is 0 Å². The van der Waals surface area contributed by atoms with Crippen LogP contribution in [0, 0.1) is 6.92 Å². The molecule has 2 rings (SSSR count). The number of aromatic nitrogens is 1. The fourth-order valence-corrected chi connectivity index (χ4v) is 2.35. The number of hydrogen-bond donors (Lipinski definition) is 2. The summed E-state index contributed by atoms with van der Waals surface area (Å²) in [5.41, 5.74) is 3.60. The van der Waals surface area contributed by atoms with Gasteiger partial charge in [-0.3, -0.25) is 9.59 Å². The van der Waals surface area contributed by atoms with Crippen molar-refractivity contribution in [2.75, 3.05) is 0 Å². The van der Waals surface area contributed by atoms with Gasteiger partial charge in [0, 0.05) is 23.9 Å². The molecule has 0 saturated carbocycles. The smallest absolute Gasteiger partial charge is 0.268 e. The van der Waals surface area contributed by atoms with Crippen LogP contribution in [0.5, 0.6) is 0 Å². The van der Waals surface area contributed by atoms with E-state index in [1.165, 1.54) is 11.3 Å². The Morgan fingerprint density at radius 2 is 2.33 bits per heavy atom. The highest BCUT2D eigenvalue weighted by Crippen LogP contribution is 2.17. The maximum atomic E-state index is 11.9. The minimum atomic E-state index is -0.254. The van der Waals surface area contributed by atoms with E-state index in [4.69, 9.17) is 0 Å². The first-order valence-electron chi connectivity index (χ1n) is 5.64. The molecule has 2 N–H and O–H groups in total. The number of carbonyl (C=O) groups is 2. The topological polar surface area (TPSA) is 83.5 Å². The number of hydrazone groups is 1. The lowest BCUT2D eigenvalue weighted by molar-refractivity contribution is -0.121. The van der Waals surface area contributed by atoms with Crippen molar-refractivity contribution in [3.63, 3.8) is 0 Å². The van der Waals surface area contributed by atoms with Crippen molar-refractivity contribution < 1.29 is 9.59 Å². The lowest BCUT2D eigenvalue weighted by Crippen LogP contribution is -2.37. The first-order valence-corrected chi connectivity index (χ1v) is 6.52. The molecule has 2 amide bonds. The Bertz CT molecular complexity index is 509. The highest BCUT2D eigenvalue weighted by molar-refractivity contribution is 7.09. The molecule has 0 fully saturated rings. The largest absolute Gasteiger partial charge is 0.342 e. The van der Waals surface area contributed by atoms with Gasteiger partial charge in [-0.05, 0) is 13.8 Å². The number of nitrogens with zero attached hydrogens (tertiary/aromatic N) is 2. The summed E-state index contributed by atoms with van der Waals surface area (Å²) in [5.74, 6) is -0.412. The van der Waals surface area contributed by atoms with E-state index in [1.54, 1.807) is 0 Å². The zero-order valence-electron chi connectivity index (χ0n) is 10.2. The average Bonchev–Trinajstić information content (AvgIpc) is 2.76. The van der Waals surface area contributed by atoms with E-state index in [2.05, 4.69) is 20.8 Å². The van der Waals surface area contributed by atoms with E-state index in [-0.39, 0.29) is 17.9 Å². The summed E-state index contributed by atoms with van der Waals surface area (Å²) in [6.45, 7) is 3.79. The number of amides is 2. The van der Waals surface area contributed by atoms with Crippen LogP contribution < -0.4 is 10.7 Å². The van der Waals surface area contributed by atoms with Crippen LogP contribution in [-0.2, 0) is 9.59 Å². The Morgan fingerprint density at radius 3 is 2.89 bits per heavy atom. The van der Waals surface area contributed by atoms with Gasteiger partial charge in [0.25, 0.3) is 5.91 Å². The number of aryl methyl sites for hydroxylation is 1. The van der Waals surface area contributed by atoms with Gasteiger partial charge >= 0.3 is 0 Å². The molecule has 0 aliphatic carbocycles. The van der Waals surface area contributed by atoms with E-state index in [0.717, 1.165) is 10.7 Å². The van der Waals surface area contributed by atoms with Crippen LogP contribution in [0.15, 0.2) is 10.5 Å². The molecule has 1 aromatic rings. The molecule has 6 nitrogen and oxygen atoms in total. The highest BCUT2D eigenvalue weighted by Gasteiger charge is 2.20. The van der Waals surface area contributed by atoms with Crippen molar-refractivity contribution >= 4 is 28.9 Å². The molecule has 7 heteroatoms. The Morgan fingerprint density at radius 1 is 1.56 bits per heavy atom. The molecule has 0 radical (unpaired) electrons. The first-order chi connectivity index (χ1) is 8.56. The van der Waals surface area contributed by atoms with Crippen molar-refractivity contribution in [2.45, 2.75) is 32.7 Å². The minimum Gasteiger partial charge on any atom is -0.342 e. The maximum absolute atomic E-state index is 11.9. The fourth-order valence-electron chi connectivity index (χ4n) is 1.55. The molecule has 0 aromatic carbocycles. The third-order valence-electron chi connectivity index (χ3n) is 2.52. The Labute approximate surface area is 108 Å².